The highest BCUT2D eigenvalue weighted by molar-refractivity contribution is 6.13. The first-order chi connectivity index (χ1) is 7.35. The SMILES string of the molecule is CC/C(=C\c1ccccc1)[C@@H]1C[C@H]1NCl. The van der Waals surface area contributed by atoms with Crippen molar-refractivity contribution in [3.05, 3.63) is 41.5 Å². The molecular formula is C13H16ClN. The molecule has 2 heteroatoms. The molecule has 0 bridgehead atoms. The van der Waals surface area contributed by atoms with E-state index in [1.807, 2.05) is 6.07 Å². The minimum Gasteiger partial charge on any atom is -0.230 e. The van der Waals surface area contributed by atoms with E-state index in [1.165, 1.54) is 17.6 Å². The van der Waals surface area contributed by atoms with Crippen molar-refractivity contribution >= 4 is 17.9 Å². The first kappa shape index (κ1) is 10.7. The molecular weight excluding hydrogens is 206 g/mol. The molecule has 1 N–H and O–H groups in total. The average Bonchev–Trinajstić information content (AvgIpc) is 3.06. The topological polar surface area (TPSA) is 12.0 Å². The molecule has 0 saturated heterocycles. The quantitative estimate of drug-likeness (QED) is 0.766. The molecule has 1 aromatic rings. The molecule has 1 fully saturated rings. The van der Waals surface area contributed by atoms with Crippen molar-refractivity contribution in [2.45, 2.75) is 25.8 Å². The molecule has 0 unspecified atom stereocenters. The zero-order valence-electron chi connectivity index (χ0n) is 8.91. The predicted octanol–water partition coefficient (Wildman–Crippen LogP) is 3.61. The van der Waals surface area contributed by atoms with Crippen LogP contribution in [0.1, 0.15) is 25.3 Å². The zero-order chi connectivity index (χ0) is 10.7. The third-order valence-corrected chi connectivity index (χ3v) is 3.25. The Morgan fingerprint density at radius 1 is 1.47 bits per heavy atom. The van der Waals surface area contributed by atoms with Crippen LogP contribution in [0.4, 0.5) is 0 Å². The van der Waals surface area contributed by atoms with Crippen LogP contribution in [-0.2, 0) is 0 Å². The van der Waals surface area contributed by atoms with Gasteiger partial charge < -0.3 is 0 Å². The molecule has 1 aromatic carbocycles. The van der Waals surface area contributed by atoms with Crippen LogP contribution in [0.25, 0.3) is 6.08 Å². The number of halogens is 1. The minimum atomic E-state index is 0.488. The van der Waals surface area contributed by atoms with Gasteiger partial charge in [0, 0.05) is 6.04 Å². The van der Waals surface area contributed by atoms with E-state index >= 15 is 0 Å². The molecule has 1 aliphatic carbocycles. The molecule has 1 aliphatic rings. The maximum Gasteiger partial charge on any atom is 0.0293 e. The van der Waals surface area contributed by atoms with Gasteiger partial charge in [0.2, 0.25) is 0 Å². The summed E-state index contributed by atoms with van der Waals surface area (Å²) < 4.78 is 0. The molecule has 80 valence electrons. The summed E-state index contributed by atoms with van der Waals surface area (Å²) in [4.78, 5) is 2.82. The van der Waals surface area contributed by atoms with Crippen LogP contribution >= 0.6 is 11.8 Å². The Hall–Kier alpha value is -0.790. The molecule has 0 heterocycles. The van der Waals surface area contributed by atoms with E-state index in [-0.39, 0.29) is 0 Å². The number of rotatable bonds is 4. The van der Waals surface area contributed by atoms with Gasteiger partial charge in [-0.2, -0.15) is 0 Å². The van der Waals surface area contributed by atoms with E-state index in [0.717, 1.165) is 6.42 Å². The molecule has 2 atom stereocenters. The van der Waals surface area contributed by atoms with Gasteiger partial charge in [0.05, 0.1) is 0 Å². The molecule has 0 radical (unpaired) electrons. The van der Waals surface area contributed by atoms with E-state index in [4.69, 9.17) is 11.8 Å². The highest BCUT2D eigenvalue weighted by Crippen LogP contribution is 2.39. The Kier molecular flexibility index (Phi) is 3.45. The predicted molar refractivity (Wildman–Crippen MR) is 65.6 cm³/mol. The van der Waals surface area contributed by atoms with Crippen LogP contribution in [0.3, 0.4) is 0 Å². The summed E-state index contributed by atoms with van der Waals surface area (Å²) in [6.07, 6.45) is 4.57. The summed E-state index contributed by atoms with van der Waals surface area (Å²) in [5, 5.41) is 0. The van der Waals surface area contributed by atoms with Gasteiger partial charge in [0.15, 0.2) is 0 Å². The Bertz CT molecular complexity index is 345. The Morgan fingerprint density at radius 3 is 2.73 bits per heavy atom. The second-order valence-corrected chi connectivity index (χ2v) is 4.26. The molecule has 15 heavy (non-hydrogen) atoms. The minimum absolute atomic E-state index is 0.488. The second-order valence-electron chi connectivity index (χ2n) is 4.04. The lowest BCUT2D eigenvalue weighted by Gasteiger charge is -2.03. The number of hydrogen-bond donors (Lipinski definition) is 1. The molecule has 0 spiro atoms. The summed E-state index contributed by atoms with van der Waals surface area (Å²) in [6.45, 7) is 2.21. The maximum absolute atomic E-state index is 5.62. The summed E-state index contributed by atoms with van der Waals surface area (Å²) in [6, 6.07) is 11.0. The van der Waals surface area contributed by atoms with E-state index in [1.54, 1.807) is 0 Å². The van der Waals surface area contributed by atoms with E-state index in [0.29, 0.717) is 12.0 Å². The van der Waals surface area contributed by atoms with Gasteiger partial charge in [-0.15, -0.1) is 0 Å². The standard InChI is InChI=1S/C13H16ClN/c1-2-11(12-9-13(12)15-14)8-10-6-4-3-5-7-10/h3-8,12-13,15H,2,9H2,1H3/b11-8+/t12-,13+/m0/s1. The lowest BCUT2D eigenvalue weighted by molar-refractivity contribution is 0.830. The van der Waals surface area contributed by atoms with Crippen molar-refractivity contribution in [2.24, 2.45) is 5.92 Å². The van der Waals surface area contributed by atoms with Crippen LogP contribution < -0.4 is 4.84 Å². The van der Waals surface area contributed by atoms with Crippen molar-refractivity contribution in [1.29, 1.82) is 0 Å². The van der Waals surface area contributed by atoms with Gasteiger partial charge in [-0.25, -0.2) is 4.84 Å². The normalized spacial score (nSPS) is 25.3. The fraction of sp³-hybridized carbons (Fsp3) is 0.385. The Morgan fingerprint density at radius 2 is 2.20 bits per heavy atom. The monoisotopic (exact) mass is 221 g/mol. The third-order valence-electron chi connectivity index (χ3n) is 2.97. The van der Waals surface area contributed by atoms with Crippen LogP contribution in [0.2, 0.25) is 0 Å². The second kappa shape index (κ2) is 4.82. The van der Waals surface area contributed by atoms with E-state index in [9.17, 15) is 0 Å². The van der Waals surface area contributed by atoms with Gasteiger partial charge >= 0.3 is 0 Å². The van der Waals surface area contributed by atoms with Crippen molar-refractivity contribution < 1.29 is 0 Å². The molecule has 0 amide bonds. The molecule has 0 aromatic heterocycles. The van der Waals surface area contributed by atoms with Gasteiger partial charge in [0.25, 0.3) is 0 Å². The lowest BCUT2D eigenvalue weighted by atomic mass is 10.0. The van der Waals surface area contributed by atoms with Gasteiger partial charge in [0.1, 0.15) is 0 Å². The third kappa shape index (κ3) is 2.61. The first-order valence-corrected chi connectivity index (χ1v) is 5.84. The highest BCUT2D eigenvalue weighted by atomic mass is 35.5. The fourth-order valence-corrected chi connectivity index (χ4v) is 2.20. The largest absolute Gasteiger partial charge is 0.230 e. The molecule has 1 nitrogen and oxygen atoms in total. The highest BCUT2D eigenvalue weighted by Gasteiger charge is 2.38. The summed E-state index contributed by atoms with van der Waals surface area (Å²) in [5.74, 6) is 0.646. The molecule has 0 aliphatic heterocycles. The van der Waals surface area contributed by atoms with Crippen molar-refractivity contribution in [3.8, 4) is 0 Å². The summed E-state index contributed by atoms with van der Waals surface area (Å²) in [5.41, 5.74) is 2.79. The van der Waals surface area contributed by atoms with Crippen LogP contribution in [-0.4, -0.2) is 6.04 Å². The van der Waals surface area contributed by atoms with Gasteiger partial charge in [-0.1, -0.05) is 48.9 Å². The smallest absolute Gasteiger partial charge is 0.0293 e. The van der Waals surface area contributed by atoms with Gasteiger partial charge in [-0.05, 0) is 36.1 Å². The van der Waals surface area contributed by atoms with E-state index in [2.05, 4.69) is 42.1 Å². The fourth-order valence-electron chi connectivity index (χ4n) is 1.96. The summed E-state index contributed by atoms with van der Waals surface area (Å²) >= 11 is 5.62. The number of benzene rings is 1. The van der Waals surface area contributed by atoms with Crippen LogP contribution in [0.5, 0.6) is 0 Å². The molecule has 1 saturated carbocycles. The average molecular weight is 222 g/mol. The van der Waals surface area contributed by atoms with Crippen LogP contribution in [0, 0.1) is 5.92 Å². The van der Waals surface area contributed by atoms with E-state index < -0.39 is 0 Å². The van der Waals surface area contributed by atoms with Crippen LogP contribution in [0.15, 0.2) is 35.9 Å². The summed E-state index contributed by atoms with van der Waals surface area (Å²) in [7, 11) is 0. The maximum atomic E-state index is 5.62. The Balaban J connectivity index is 2.10. The van der Waals surface area contributed by atoms with Crippen molar-refractivity contribution in [2.75, 3.05) is 0 Å². The Labute approximate surface area is 96.3 Å². The number of hydrogen-bond acceptors (Lipinski definition) is 1. The van der Waals surface area contributed by atoms with Gasteiger partial charge in [-0.3, -0.25) is 0 Å². The van der Waals surface area contributed by atoms with Crippen molar-refractivity contribution in [3.63, 3.8) is 0 Å². The van der Waals surface area contributed by atoms with Crippen molar-refractivity contribution in [1.82, 2.24) is 4.84 Å². The zero-order valence-corrected chi connectivity index (χ0v) is 9.67. The number of nitrogens with one attached hydrogen (secondary N) is 1. The lowest BCUT2D eigenvalue weighted by Crippen LogP contribution is -2.05. The first-order valence-electron chi connectivity index (χ1n) is 5.46. The molecule has 2 rings (SSSR count).